The summed E-state index contributed by atoms with van der Waals surface area (Å²) in [5, 5.41) is 28.6. The van der Waals surface area contributed by atoms with Crippen LogP contribution in [0, 0.1) is 11.3 Å². The molecule has 0 spiro atoms. The minimum atomic E-state index is -0.677. The summed E-state index contributed by atoms with van der Waals surface area (Å²) in [6.45, 7) is 0. The molecule has 0 saturated carbocycles. The zero-order chi connectivity index (χ0) is 14.4. The summed E-state index contributed by atoms with van der Waals surface area (Å²) < 4.78 is 0. The summed E-state index contributed by atoms with van der Waals surface area (Å²) in [6, 6.07) is 18.9. The first-order valence-corrected chi connectivity index (χ1v) is 6.57. The molecular formula is C17H17NO2. The van der Waals surface area contributed by atoms with Gasteiger partial charge in [-0.15, -0.1) is 0 Å². The smallest absolute Gasteiger partial charge is 0.104 e. The van der Waals surface area contributed by atoms with Gasteiger partial charge < -0.3 is 10.2 Å². The van der Waals surface area contributed by atoms with E-state index in [9.17, 15) is 10.2 Å². The van der Waals surface area contributed by atoms with Crippen molar-refractivity contribution < 1.29 is 10.2 Å². The summed E-state index contributed by atoms with van der Waals surface area (Å²) in [4.78, 5) is 0. The van der Waals surface area contributed by atoms with Crippen LogP contribution in [-0.2, 0) is 6.42 Å². The maximum Gasteiger partial charge on any atom is 0.104 e. The molecule has 0 heterocycles. The van der Waals surface area contributed by atoms with Crippen LogP contribution in [0.5, 0.6) is 0 Å². The second-order valence-electron chi connectivity index (χ2n) is 4.78. The van der Waals surface area contributed by atoms with Gasteiger partial charge >= 0.3 is 0 Å². The maximum atomic E-state index is 10.3. The Labute approximate surface area is 118 Å². The topological polar surface area (TPSA) is 64.2 Å². The molecule has 2 atom stereocenters. The lowest BCUT2D eigenvalue weighted by molar-refractivity contribution is 0.180. The van der Waals surface area contributed by atoms with Crippen LogP contribution in [0.2, 0.25) is 0 Å². The van der Waals surface area contributed by atoms with Crippen molar-refractivity contribution in [1.82, 2.24) is 0 Å². The van der Waals surface area contributed by atoms with Crippen molar-refractivity contribution >= 4 is 0 Å². The second-order valence-corrected chi connectivity index (χ2v) is 4.78. The normalized spacial score (nSPS) is 13.4. The Hall–Kier alpha value is -2.15. The van der Waals surface area contributed by atoms with E-state index in [0.717, 1.165) is 16.7 Å². The van der Waals surface area contributed by atoms with Gasteiger partial charge in [0.05, 0.1) is 18.6 Å². The van der Waals surface area contributed by atoms with Crippen molar-refractivity contribution in [2.75, 3.05) is 0 Å². The highest BCUT2D eigenvalue weighted by Crippen LogP contribution is 2.22. The molecule has 0 bridgehead atoms. The maximum absolute atomic E-state index is 10.3. The number of aliphatic hydroxyl groups excluding tert-OH is 2. The Morgan fingerprint density at radius 1 is 0.950 bits per heavy atom. The van der Waals surface area contributed by atoms with Gasteiger partial charge in [0.15, 0.2) is 0 Å². The van der Waals surface area contributed by atoms with Gasteiger partial charge in [-0.25, -0.2) is 0 Å². The average molecular weight is 267 g/mol. The SMILES string of the molecule is N#CCC(O)Cc1cccc(C(O)c2ccccc2)c1. The van der Waals surface area contributed by atoms with Crippen LogP contribution in [0.3, 0.4) is 0 Å². The molecule has 2 N–H and O–H groups in total. The number of hydrogen-bond acceptors (Lipinski definition) is 3. The first-order chi connectivity index (χ1) is 9.70. The van der Waals surface area contributed by atoms with Crippen LogP contribution in [0.4, 0.5) is 0 Å². The van der Waals surface area contributed by atoms with Crippen LogP contribution in [0.15, 0.2) is 54.6 Å². The molecule has 0 radical (unpaired) electrons. The molecule has 2 aromatic carbocycles. The Morgan fingerprint density at radius 2 is 1.65 bits per heavy atom. The zero-order valence-corrected chi connectivity index (χ0v) is 11.1. The van der Waals surface area contributed by atoms with Crippen molar-refractivity contribution in [2.45, 2.75) is 25.0 Å². The molecule has 0 aliphatic heterocycles. The van der Waals surface area contributed by atoms with Crippen molar-refractivity contribution in [3.05, 3.63) is 71.3 Å². The Bertz CT molecular complexity index is 589. The number of nitrogens with zero attached hydrogens (tertiary/aromatic N) is 1. The van der Waals surface area contributed by atoms with Crippen LogP contribution in [-0.4, -0.2) is 16.3 Å². The van der Waals surface area contributed by atoms with Gasteiger partial charge in [0.2, 0.25) is 0 Å². The van der Waals surface area contributed by atoms with Crippen LogP contribution >= 0.6 is 0 Å². The molecular weight excluding hydrogens is 250 g/mol. The lowest BCUT2D eigenvalue weighted by atomic mass is 9.97. The number of nitriles is 1. The monoisotopic (exact) mass is 267 g/mol. The highest BCUT2D eigenvalue weighted by Gasteiger charge is 2.11. The summed E-state index contributed by atoms with van der Waals surface area (Å²) in [6.07, 6.45) is -0.803. The van der Waals surface area contributed by atoms with Crippen molar-refractivity contribution in [1.29, 1.82) is 5.26 Å². The summed E-state index contributed by atoms with van der Waals surface area (Å²) in [5.41, 5.74) is 2.54. The number of aliphatic hydroxyl groups is 2. The van der Waals surface area contributed by atoms with E-state index in [2.05, 4.69) is 0 Å². The molecule has 3 nitrogen and oxygen atoms in total. The van der Waals surface area contributed by atoms with Gasteiger partial charge in [0.1, 0.15) is 6.10 Å². The third-order valence-electron chi connectivity index (χ3n) is 3.18. The molecule has 2 rings (SSSR count). The van der Waals surface area contributed by atoms with E-state index < -0.39 is 12.2 Å². The van der Waals surface area contributed by atoms with Gasteiger partial charge in [-0.1, -0.05) is 54.6 Å². The molecule has 2 aromatic rings. The van der Waals surface area contributed by atoms with Crippen molar-refractivity contribution in [2.24, 2.45) is 0 Å². The molecule has 3 heteroatoms. The quantitative estimate of drug-likeness (QED) is 0.875. The fourth-order valence-corrected chi connectivity index (χ4v) is 2.17. The third kappa shape index (κ3) is 3.67. The summed E-state index contributed by atoms with van der Waals surface area (Å²) in [7, 11) is 0. The third-order valence-corrected chi connectivity index (χ3v) is 3.18. The highest BCUT2D eigenvalue weighted by molar-refractivity contribution is 5.32. The lowest BCUT2D eigenvalue weighted by Gasteiger charge is -2.13. The van der Waals surface area contributed by atoms with E-state index in [4.69, 9.17) is 5.26 Å². The highest BCUT2D eigenvalue weighted by atomic mass is 16.3. The van der Waals surface area contributed by atoms with E-state index >= 15 is 0 Å². The van der Waals surface area contributed by atoms with E-state index in [1.165, 1.54) is 0 Å². The summed E-state index contributed by atoms with van der Waals surface area (Å²) >= 11 is 0. The van der Waals surface area contributed by atoms with Gasteiger partial charge in [-0.3, -0.25) is 0 Å². The van der Waals surface area contributed by atoms with E-state index in [-0.39, 0.29) is 6.42 Å². The molecule has 2 unspecified atom stereocenters. The molecule has 0 amide bonds. The molecule has 20 heavy (non-hydrogen) atoms. The fraction of sp³-hybridized carbons (Fsp3) is 0.235. The van der Waals surface area contributed by atoms with Crippen molar-refractivity contribution in [3.8, 4) is 6.07 Å². The van der Waals surface area contributed by atoms with Crippen molar-refractivity contribution in [3.63, 3.8) is 0 Å². The number of hydrogen-bond donors (Lipinski definition) is 2. The Balaban J connectivity index is 2.16. The minimum absolute atomic E-state index is 0.117. The van der Waals surface area contributed by atoms with Gasteiger partial charge in [0, 0.05) is 0 Å². The fourth-order valence-electron chi connectivity index (χ4n) is 2.17. The first kappa shape index (κ1) is 14.3. The van der Waals surface area contributed by atoms with Gasteiger partial charge in [-0.05, 0) is 23.1 Å². The average Bonchev–Trinajstić information content (AvgIpc) is 2.48. The van der Waals surface area contributed by atoms with E-state index in [1.807, 2.05) is 60.7 Å². The number of benzene rings is 2. The van der Waals surface area contributed by atoms with E-state index in [1.54, 1.807) is 0 Å². The largest absolute Gasteiger partial charge is 0.392 e. The molecule has 0 fully saturated rings. The van der Waals surface area contributed by atoms with Crippen LogP contribution in [0.25, 0.3) is 0 Å². The van der Waals surface area contributed by atoms with E-state index in [0.29, 0.717) is 6.42 Å². The predicted octanol–water partition coefficient (Wildman–Crippen LogP) is 2.59. The number of rotatable bonds is 5. The van der Waals surface area contributed by atoms with Crippen LogP contribution < -0.4 is 0 Å². The Kier molecular flexibility index (Phi) is 4.89. The molecule has 0 aromatic heterocycles. The molecule has 0 aliphatic rings. The van der Waals surface area contributed by atoms with Crippen LogP contribution in [0.1, 0.15) is 29.2 Å². The lowest BCUT2D eigenvalue weighted by Crippen LogP contribution is -2.09. The second kappa shape index (κ2) is 6.85. The minimum Gasteiger partial charge on any atom is -0.392 e. The Morgan fingerprint density at radius 3 is 2.35 bits per heavy atom. The summed E-state index contributed by atoms with van der Waals surface area (Å²) in [5.74, 6) is 0. The molecule has 102 valence electrons. The standard InChI is InChI=1S/C17H17NO2/c18-10-9-16(19)12-13-5-4-8-15(11-13)17(20)14-6-2-1-3-7-14/h1-8,11,16-17,19-20H,9,12H2. The zero-order valence-electron chi connectivity index (χ0n) is 11.1. The first-order valence-electron chi connectivity index (χ1n) is 6.57. The predicted molar refractivity (Wildman–Crippen MR) is 76.9 cm³/mol. The van der Waals surface area contributed by atoms with Gasteiger partial charge in [0.25, 0.3) is 0 Å². The van der Waals surface area contributed by atoms with Gasteiger partial charge in [-0.2, -0.15) is 5.26 Å². The molecule has 0 saturated heterocycles. The molecule has 0 aliphatic carbocycles.